The molecule has 3 nitrogen and oxygen atoms in total. The molecule has 26 heavy (non-hydrogen) atoms. The summed E-state index contributed by atoms with van der Waals surface area (Å²) in [6.07, 6.45) is 1.76. The lowest BCUT2D eigenvalue weighted by Gasteiger charge is -2.10. The van der Waals surface area contributed by atoms with Crippen LogP contribution in [0.25, 0.3) is 22.0 Å². The van der Waals surface area contributed by atoms with Crippen molar-refractivity contribution in [2.75, 3.05) is 0 Å². The number of hydrogen-bond acceptors (Lipinski definition) is 3. The Labute approximate surface area is 150 Å². The first kappa shape index (κ1) is 15.0. The van der Waals surface area contributed by atoms with Crippen molar-refractivity contribution in [1.82, 2.24) is 4.98 Å². The van der Waals surface area contributed by atoms with Gasteiger partial charge in [-0.25, -0.2) is 4.39 Å². The maximum Gasteiger partial charge on any atom is 0.635 e. The normalized spacial score (nSPS) is 12.6. The Morgan fingerprint density at radius 1 is 0.808 bits per heavy atom. The molecule has 0 amide bonds. The second-order valence-corrected chi connectivity index (χ2v) is 6.13. The second-order valence-electron chi connectivity index (χ2n) is 6.13. The molecule has 0 atom stereocenters. The third-order valence-corrected chi connectivity index (χ3v) is 4.51. The minimum absolute atomic E-state index is 0.355. The summed E-state index contributed by atoms with van der Waals surface area (Å²) in [5.41, 5.74) is 1.98. The SMILES string of the molecule is Fc1ccc(-c2nccc3ccccc23)cc1B1Oc2ccccc2O1. The van der Waals surface area contributed by atoms with Crippen LogP contribution in [0.2, 0.25) is 0 Å². The highest BCUT2D eigenvalue weighted by Crippen LogP contribution is 2.33. The van der Waals surface area contributed by atoms with Crippen molar-refractivity contribution in [2.45, 2.75) is 0 Å². The van der Waals surface area contributed by atoms with Crippen LogP contribution in [0.15, 0.2) is 79.0 Å². The summed E-state index contributed by atoms with van der Waals surface area (Å²) in [5, 5.41) is 2.10. The van der Waals surface area contributed by atoms with Crippen LogP contribution in [0.3, 0.4) is 0 Å². The van der Waals surface area contributed by atoms with Crippen molar-refractivity contribution < 1.29 is 13.7 Å². The third kappa shape index (κ3) is 2.40. The van der Waals surface area contributed by atoms with E-state index in [1.165, 1.54) is 6.07 Å². The van der Waals surface area contributed by atoms with Crippen molar-refractivity contribution in [3.8, 4) is 22.8 Å². The number of halogens is 1. The van der Waals surface area contributed by atoms with E-state index in [1.807, 2.05) is 54.6 Å². The number of pyridine rings is 1. The van der Waals surface area contributed by atoms with Gasteiger partial charge in [-0.05, 0) is 41.8 Å². The van der Waals surface area contributed by atoms with Crippen LogP contribution < -0.4 is 14.8 Å². The largest absolute Gasteiger partial charge is 0.635 e. The molecule has 1 aliphatic heterocycles. The minimum atomic E-state index is -0.803. The molecule has 0 radical (unpaired) electrons. The third-order valence-electron chi connectivity index (χ3n) is 4.51. The molecule has 5 heteroatoms. The van der Waals surface area contributed by atoms with Crippen LogP contribution in [0.4, 0.5) is 4.39 Å². The predicted octanol–water partition coefficient (Wildman–Crippen LogP) is 4.21. The first-order valence-electron chi connectivity index (χ1n) is 8.35. The molecular formula is C21H13BFNO2. The van der Waals surface area contributed by atoms with E-state index in [2.05, 4.69) is 4.98 Å². The minimum Gasteiger partial charge on any atom is -0.519 e. The number of para-hydroxylation sites is 2. The number of aromatic nitrogens is 1. The lowest BCUT2D eigenvalue weighted by Crippen LogP contribution is -2.41. The second kappa shape index (κ2) is 5.88. The standard InChI is InChI=1S/C21H13BFNO2/c23-18-10-9-15(21-16-6-2-1-5-14(16)11-12-24-21)13-17(18)22-25-19-7-3-4-8-20(19)26-22/h1-13H. The molecule has 0 bridgehead atoms. The lowest BCUT2D eigenvalue weighted by molar-refractivity contribution is 0.513. The Kier molecular flexibility index (Phi) is 3.38. The summed E-state index contributed by atoms with van der Waals surface area (Å²) in [5.74, 6) is 0.864. The van der Waals surface area contributed by atoms with Crippen LogP contribution >= 0.6 is 0 Å². The van der Waals surface area contributed by atoms with E-state index in [1.54, 1.807) is 18.3 Å². The molecule has 5 rings (SSSR count). The lowest BCUT2D eigenvalue weighted by atomic mass is 9.77. The number of nitrogens with zero attached hydrogens (tertiary/aromatic N) is 1. The first-order valence-corrected chi connectivity index (χ1v) is 8.35. The highest BCUT2D eigenvalue weighted by atomic mass is 19.1. The Morgan fingerprint density at radius 2 is 1.54 bits per heavy atom. The van der Waals surface area contributed by atoms with Gasteiger partial charge in [0.25, 0.3) is 0 Å². The average Bonchev–Trinajstić information content (AvgIpc) is 3.12. The van der Waals surface area contributed by atoms with Gasteiger partial charge in [-0.2, -0.15) is 0 Å². The van der Waals surface area contributed by atoms with Crippen LogP contribution in [-0.4, -0.2) is 12.1 Å². The molecule has 3 aromatic carbocycles. The molecular weight excluding hydrogens is 328 g/mol. The van der Waals surface area contributed by atoms with E-state index in [9.17, 15) is 4.39 Å². The van der Waals surface area contributed by atoms with Gasteiger partial charge in [0, 0.05) is 22.6 Å². The fourth-order valence-corrected chi connectivity index (χ4v) is 3.25. The Morgan fingerprint density at radius 3 is 2.35 bits per heavy atom. The molecule has 1 aliphatic rings. The Hall–Kier alpha value is -3.34. The van der Waals surface area contributed by atoms with E-state index in [0.29, 0.717) is 17.0 Å². The van der Waals surface area contributed by atoms with Crippen molar-refractivity contribution in [2.24, 2.45) is 0 Å². The zero-order valence-corrected chi connectivity index (χ0v) is 13.7. The van der Waals surface area contributed by atoms with Gasteiger partial charge in [-0.3, -0.25) is 4.98 Å². The zero-order chi connectivity index (χ0) is 17.5. The molecule has 0 aliphatic carbocycles. The van der Waals surface area contributed by atoms with Crippen LogP contribution in [0.5, 0.6) is 11.5 Å². The molecule has 1 aromatic heterocycles. The van der Waals surface area contributed by atoms with E-state index in [0.717, 1.165) is 22.0 Å². The van der Waals surface area contributed by atoms with E-state index in [-0.39, 0.29) is 5.82 Å². The van der Waals surface area contributed by atoms with Gasteiger partial charge in [-0.1, -0.05) is 36.4 Å². The van der Waals surface area contributed by atoms with Crippen molar-refractivity contribution in [3.05, 3.63) is 84.8 Å². The predicted molar refractivity (Wildman–Crippen MR) is 100 cm³/mol. The topological polar surface area (TPSA) is 31.4 Å². The zero-order valence-electron chi connectivity index (χ0n) is 13.7. The van der Waals surface area contributed by atoms with Crippen LogP contribution in [0, 0.1) is 5.82 Å². The summed E-state index contributed by atoms with van der Waals surface area (Å²) in [4.78, 5) is 4.51. The quantitative estimate of drug-likeness (QED) is 0.512. The monoisotopic (exact) mass is 341 g/mol. The first-order chi connectivity index (χ1) is 12.8. The van der Waals surface area contributed by atoms with E-state index in [4.69, 9.17) is 9.31 Å². The number of rotatable bonds is 2. The maximum atomic E-state index is 14.5. The summed E-state index contributed by atoms with van der Waals surface area (Å²) < 4.78 is 26.0. The molecule has 0 spiro atoms. The van der Waals surface area contributed by atoms with Gasteiger partial charge >= 0.3 is 7.12 Å². The van der Waals surface area contributed by atoms with Gasteiger partial charge in [0.15, 0.2) is 0 Å². The molecule has 124 valence electrons. The van der Waals surface area contributed by atoms with E-state index >= 15 is 0 Å². The fraction of sp³-hybridized carbons (Fsp3) is 0. The van der Waals surface area contributed by atoms with Gasteiger partial charge < -0.3 is 9.31 Å². The van der Waals surface area contributed by atoms with Gasteiger partial charge in [0.05, 0.1) is 5.69 Å². The van der Waals surface area contributed by atoms with Crippen LogP contribution in [0.1, 0.15) is 0 Å². The molecule has 0 saturated heterocycles. The molecule has 0 N–H and O–H groups in total. The number of hydrogen-bond donors (Lipinski definition) is 0. The molecule has 0 fully saturated rings. The maximum absolute atomic E-state index is 14.5. The summed E-state index contributed by atoms with van der Waals surface area (Å²) in [6.45, 7) is 0. The molecule has 2 heterocycles. The number of fused-ring (bicyclic) bond motifs is 2. The smallest absolute Gasteiger partial charge is 0.519 e. The van der Waals surface area contributed by atoms with Crippen LogP contribution in [-0.2, 0) is 0 Å². The van der Waals surface area contributed by atoms with Crippen molar-refractivity contribution in [1.29, 1.82) is 0 Å². The Bertz CT molecular complexity index is 1100. The molecule has 0 unspecified atom stereocenters. The van der Waals surface area contributed by atoms with Crippen molar-refractivity contribution >= 4 is 23.4 Å². The number of benzene rings is 3. The summed E-state index contributed by atoms with van der Waals surface area (Å²) in [6, 6.07) is 22.2. The summed E-state index contributed by atoms with van der Waals surface area (Å²) in [7, 11) is -0.803. The molecule has 0 saturated carbocycles. The van der Waals surface area contributed by atoms with Gasteiger partial charge in [-0.15, -0.1) is 0 Å². The Balaban J connectivity index is 1.60. The van der Waals surface area contributed by atoms with Gasteiger partial charge in [0.1, 0.15) is 17.3 Å². The molecule has 4 aromatic rings. The van der Waals surface area contributed by atoms with E-state index < -0.39 is 7.12 Å². The fourth-order valence-electron chi connectivity index (χ4n) is 3.25. The highest BCUT2D eigenvalue weighted by Gasteiger charge is 2.36. The average molecular weight is 341 g/mol. The highest BCUT2D eigenvalue weighted by molar-refractivity contribution is 6.63. The summed E-state index contributed by atoms with van der Waals surface area (Å²) >= 11 is 0. The van der Waals surface area contributed by atoms with Gasteiger partial charge in [0.2, 0.25) is 0 Å². The van der Waals surface area contributed by atoms with Crippen molar-refractivity contribution in [3.63, 3.8) is 0 Å².